The quantitative estimate of drug-likeness (QED) is 0.410. The largest absolute Gasteiger partial charge is 0.420 e. The fourth-order valence-corrected chi connectivity index (χ4v) is 4.07. The number of aromatic nitrogens is 1. The zero-order valence-corrected chi connectivity index (χ0v) is 17.5. The van der Waals surface area contributed by atoms with E-state index >= 15 is 0 Å². The summed E-state index contributed by atoms with van der Waals surface area (Å²) in [6, 6.07) is 11.9. The molecule has 1 aliphatic rings. The molecule has 0 spiro atoms. The summed E-state index contributed by atoms with van der Waals surface area (Å²) >= 11 is 0. The van der Waals surface area contributed by atoms with Crippen LogP contribution in [0.15, 0.2) is 52.3 Å². The van der Waals surface area contributed by atoms with Crippen LogP contribution in [-0.4, -0.2) is 10.5 Å². The van der Waals surface area contributed by atoms with E-state index in [-0.39, 0.29) is 17.3 Å². The van der Waals surface area contributed by atoms with E-state index in [0.29, 0.717) is 11.1 Å². The van der Waals surface area contributed by atoms with Crippen molar-refractivity contribution in [3.8, 4) is 12.1 Å². The van der Waals surface area contributed by atoms with Gasteiger partial charge in [0.05, 0.1) is 5.57 Å². The molecule has 1 aromatic heterocycles. The molecular formula is C24H23N3O2. The number of hydrogen-bond donors (Lipinski definition) is 0. The molecule has 3 rings (SSSR count). The van der Waals surface area contributed by atoms with Crippen molar-refractivity contribution in [3.63, 3.8) is 0 Å². The van der Waals surface area contributed by atoms with Crippen LogP contribution in [0.1, 0.15) is 39.0 Å². The Hall–Kier alpha value is -3.57. The molecule has 0 amide bonds. The SMILES string of the molecule is CC(C)=C1C(=O)OC(=C(C#N)C#N)/C1=C(/c1c(C)c2ccccc2n1C)C(C)C. The Kier molecular flexibility index (Phi) is 5.18. The first-order chi connectivity index (χ1) is 13.7. The smallest absolute Gasteiger partial charge is 0.344 e. The van der Waals surface area contributed by atoms with Crippen LogP contribution >= 0.6 is 0 Å². The van der Waals surface area contributed by atoms with Crippen LogP contribution in [0.4, 0.5) is 0 Å². The molecule has 2 heterocycles. The molecule has 2 aromatic rings. The number of hydrogen-bond acceptors (Lipinski definition) is 4. The average molecular weight is 385 g/mol. The number of para-hydroxylation sites is 1. The summed E-state index contributed by atoms with van der Waals surface area (Å²) < 4.78 is 7.57. The number of rotatable bonds is 2. The van der Waals surface area contributed by atoms with E-state index in [2.05, 4.69) is 23.6 Å². The second kappa shape index (κ2) is 7.45. The van der Waals surface area contributed by atoms with Gasteiger partial charge in [-0.2, -0.15) is 10.5 Å². The molecule has 5 heteroatoms. The highest BCUT2D eigenvalue weighted by Crippen LogP contribution is 2.44. The minimum absolute atomic E-state index is 0.0178. The monoisotopic (exact) mass is 385 g/mol. The maximum atomic E-state index is 12.7. The van der Waals surface area contributed by atoms with Crippen LogP contribution in [0.5, 0.6) is 0 Å². The van der Waals surface area contributed by atoms with Crippen molar-refractivity contribution in [2.24, 2.45) is 13.0 Å². The summed E-state index contributed by atoms with van der Waals surface area (Å²) in [7, 11) is 1.99. The summed E-state index contributed by atoms with van der Waals surface area (Å²) in [5.41, 5.74) is 5.59. The van der Waals surface area contributed by atoms with Crippen LogP contribution < -0.4 is 0 Å². The van der Waals surface area contributed by atoms with Crippen molar-refractivity contribution in [2.45, 2.75) is 34.6 Å². The first-order valence-electron chi connectivity index (χ1n) is 9.47. The predicted octanol–water partition coefficient (Wildman–Crippen LogP) is 5.09. The van der Waals surface area contributed by atoms with Gasteiger partial charge in [0.2, 0.25) is 0 Å². The number of ether oxygens (including phenoxy) is 1. The van der Waals surface area contributed by atoms with Gasteiger partial charge in [0, 0.05) is 29.2 Å². The van der Waals surface area contributed by atoms with E-state index in [1.807, 2.05) is 59.0 Å². The van der Waals surface area contributed by atoms with Crippen LogP contribution in [0.25, 0.3) is 16.5 Å². The minimum atomic E-state index is -0.521. The van der Waals surface area contributed by atoms with Crippen molar-refractivity contribution < 1.29 is 9.53 Å². The molecule has 1 fully saturated rings. The zero-order chi connectivity index (χ0) is 21.5. The van der Waals surface area contributed by atoms with E-state index in [1.54, 1.807) is 0 Å². The van der Waals surface area contributed by atoms with Gasteiger partial charge < -0.3 is 9.30 Å². The molecule has 0 unspecified atom stereocenters. The standard InChI is InChI=1S/C24H23N3O2/c1-13(2)19(22-15(5)17-9-7-8-10-18(17)27(22)6)21-20(14(3)4)24(28)29-23(21)16(11-25)12-26/h7-10,13H,1-6H3/b21-19+. The lowest BCUT2D eigenvalue weighted by molar-refractivity contribution is -0.132. The lowest BCUT2D eigenvalue weighted by atomic mass is 9.86. The summed E-state index contributed by atoms with van der Waals surface area (Å²) in [4.78, 5) is 12.7. The third-order valence-electron chi connectivity index (χ3n) is 5.29. The highest BCUT2D eigenvalue weighted by Gasteiger charge is 2.38. The highest BCUT2D eigenvalue weighted by atomic mass is 16.5. The number of carbonyl (C=O) groups is 1. The number of nitrogens with zero attached hydrogens (tertiary/aromatic N) is 3. The van der Waals surface area contributed by atoms with E-state index in [9.17, 15) is 15.3 Å². The van der Waals surface area contributed by atoms with E-state index in [0.717, 1.165) is 33.3 Å². The first-order valence-corrected chi connectivity index (χ1v) is 9.47. The van der Waals surface area contributed by atoms with Gasteiger partial charge >= 0.3 is 5.97 Å². The Bertz CT molecular complexity index is 1160. The molecule has 0 aliphatic carbocycles. The maximum Gasteiger partial charge on any atom is 0.344 e. The van der Waals surface area contributed by atoms with Crippen LogP contribution in [-0.2, 0) is 16.6 Å². The Morgan fingerprint density at radius 1 is 1.10 bits per heavy atom. The Balaban J connectivity index is 2.57. The second-order valence-corrected chi connectivity index (χ2v) is 7.69. The van der Waals surface area contributed by atoms with Crippen molar-refractivity contribution in [3.05, 3.63) is 63.6 Å². The van der Waals surface area contributed by atoms with Gasteiger partial charge in [-0.25, -0.2) is 4.79 Å². The summed E-state index contributed by atoms with van der Waals surface area (Å²) in [6.45, 7) is 9.82. The molecule has 0 bridgehead atoms. The molecular weight excluding hydrogens is 362 g/mol. The third kappa shape index (κ3) is 3.05. The van der Waals surface area contributed by atoms with Crippen molar-refractivity contribution in [1.82, 2.24) is 4.57 Å². The molecule has 0 atom stereocenters. The van der Waals surface area contributed by atoms with Gasteiger partial charge in [-0.15, -0.1) is 0 Å². The van der Waals surface area contributed by atoms with E-state index < -0.39 is 5.97 Å². The van der Waals surface area contributed by atoms with Crippen LogP contribution in [0.3, 0.4) is 0 Å². The molecule has 1 aromatic carbocycles. The summed E-state index contributed by atoms with van der Waals surface area (Å²) in [5, 5.41) is 20.1. The molecule has 0 N–H and O–H groups in total. The lowest BCUT2D eigenvalue weighted by Gasteiger charge is -2.19. The fraction of sp³-hybridized carbons (Fsp3) is 0.292. The van der Waals surface area contributed by atoms with Gasteiger partial charge in [0.15, 0.2) is 11.3 Å². The van der Waals surface area contributed by atoms with Crippen molar-refractivity contribution in [2.75, 3.05) is 0 Å². The van der Waals surface area contributed by atoms with Gasteiger partial charge in [0.1, 0.15) is 12.1 Å². The number of benzene rings is 1. The van der Waals surface area contributed by atoms with Gasteiger partial charge in [-0.05, 0) is 43.9 Å². The minimum Gasteiger partial charge on any atom is -0.420 e. The molecule has 29 heavy (non-hydrogen) atoms. The number of fused-ring (bicyclic) bond motifs is 1. The zero-order valence-electron chi connectivity index (χ0n) is 17.5. The normalized spacial score (nSPS) is 15.4. The maximum absolute atomic E-state index is 12.7. The Morgan fingerprint density at radius 2 is 1.72 bits per heavy atom. The Morgan fingerprint density at radius 3 is 2.24 bits per heavy atom. The number of allylic oxidation sites excluding steroid dienone is 4. The predicted molar refractivity (Wildman–Crippen MR) is 112 cm³/mol. The van der Waals surface area contributed by atoms with Crippen molar-refractivity contribution in [1.29, 1.82) is 10.5 Å². The van der Waals surface area contributed by atoms with Gasteiger partial charge in [0.25, 0.3) is 0 Å². The second-order valence-electron chi connectivity index (χ2n) is 7.69. The molecule has 0 radical (unpaired) electrons. The molecule has 5 nitrogen and oxygen atoms in total. The number of carbonyl (C=O) groups excluding carboxylic acids is 1. The molecule has 146 valence electrons. The van der Waals surface area contributed by atoms with E-state index in [1.165, 1.54) is 0 Å². The molecule has 1 saturated heterocycles. The van der Waals surface area contributed by atoms with Crippen molar-refractivity contribution >= 4 is 22.4 Å². The third-order valence-corrected chi connectivity index (χ3v) is 5.29. The summed E-state index contributed by atoms with van der Waals surface area (Å²) in [6.07, 6.45) is 0. The van der Waals surface area contributed by atoms with Gasteiger partial charge in [-0.1, -0.05) is 37.6 Å². The highest BCUT2D eigenvalue weighted by molar-refractivity contribution is 6.05. The molecule has 1 aliphatic heterocycles. The summed E-state index contributed by atoms with van der Waals surface area (Å²) in [5.74, 6) is -0.443. The van der Waals surface area contributed by atoms with E-state index in [4.69, 9.17) is 4.74 Å². The number of aryl methyl sites for hydroxylation is 2. The van der Waals surface area contributed by atoms with Crippen LogP contribution in [0.2, 0.25) is 0 Å². The topological polar surface area (TPSA) is 78.8 Å². The first kappa shape index (κ1) is 20.2. The van der Waals surface area contributed by atoms with Crippen LogP contribution in [0, 0.1) is 35.5 Å². The average Bonchev–Trinajstić information content (AvgIpc) is 3.13. The Labute approximate surface area is 170 Å². The number of cyclic esters (lactones) is 1. The number of esters is 1. The lowest BCUT2D eigenvalue weighted by Crippen LogP contribution is -2.08. The fourth-order valence-electron chi connectivity index (χ4n) is 4.07. The van der Waals surface area contributed by atoms with Gasteiger partial charge in [-0.3, -0.25) is 0 Å². The number of nitriles is 2. The molecule has 0 saturated carbocycles.